The van der Waals surface area contributed by atoms with Gasteiger partial charge in [-0.1, -0.05) is 27.2 Å². The Morgan fingerprint density at radius 3 is 1.79 bits per heavy atom. The number of hydrogen-bond acceptors (Lipinski definition) is 2. The molecule has 0 aromatic rings. The lowest BCUT2D eigenvalue weighted by Crippen LogP contribution is -2.43. The average Bonchev–Trinajstić information content (AvgIpc) is 2.03. The van der Waals surface area contributed by atoms with Crippen LogP contribution in [0.25, 0.3) is 0 Å². The van der Waals surface area contributed by atoms with E-state index < -0.39 is 8.56 Å². The predicted molar refractivity (Wildman–Crippen MR) is 63.7 cm³/mol. The van der Waals surface area contributed by atoms with Gasteiger partial charge in [0, 0.05) is 13.2 Å². The van der Waals surface area contributed by atoms with Crippen LogP contribution in [-0.4, -0.2) is 21.8 Å². The molecule has 0 heterocycles. The fourth-order valence-corrected chi connectivity index (χ4v) is 5.80. The molecule has 0 radical (unpaired) electrons. The van der Waals surface area contributed by atoms with Crippen molar-refractivity contribution in [3.05, 3.63) is 0 Å². The number of hydrogen-bond donors (Lipinski definition) is 0. The molecule has 0 aliphatic carbocycles. The molecule has 0 saturated carbocycles. The highest BCUT2D eigenvalue weighted by molar-refractivity contribution is 6.67. The highest BCUT2D eigenvalue weighted by atomic mass is 28.4. The Balaban J connectivity index is 4.37. The Labute approximate surface area is 90.2 Å². The standard InChI is InChI=1S/C11H26O2Si/c1-6-9-14(12-7-2,13-8-3)10-11(4)5/h11H,6-10H2,1-5H3. The van der Waals surface area contributed by atoms with Crippen molar-refractivity contribution in [1.82, 2.24) is 0 Å². The number of rotatable bonds is 8. The minimum atomic E-state index is -1.86. The molecule has 0 atom stereocenters. The maximum Gasteiger partial charge on any atom is 0.338 e. The molecule has 0 N–H and O–H groups in total. The molecule has 0 aromatic heterocycles. The van der Waals surface area contributed by atoms with Crippen LogP contribution in [0.3, 0.4) is 0 Å². The van der Waals surface area contributed by atoms with Gasteiger partial charge in [-0.05, 0) is 31.9 Å². The van der Waals surface area contributed by atoms with Crippen LogP contribution in [0.2, 0.25) is 12.1 Å². The van der Waals surface area contributed by atoms with E-state index in [2.05, 4.69) is 34.6 Å². The summed E-state index contributed by atoms with van der Waals surface area (Å²) in [6.45, 7) is 12.4. The van der Waals surface area contributed by atoms with Crippen LogP contribution >= 0.6 is 0 Å². The van der Waals surface area contributed by atoms with Crippen molar-refractivity contribution in [3.8, 4) is 0 Å². The molecule has 86 valence electrons. The van der Waals surface area contributed by atoms with Gasteiger partial charge in [-0.15, -0.1) is 0 Å². The molecule has 0 aliphatic heterocycles. The Morgan fingerprint density at radius 2 is 1.50 bits per heavy atom. The zero-order valence-corrected chi connectivity index (χ0v) is 11.4. The quantitative estimate of drug-likeness (QED) is 0.580. The first-order valence-electron chi connectivity index (χ1n) is 5.88. The Bertz CT molecular complexity index is 120. The van der Waals surface area contributed by atoms with E-state index in [0.717, 1.165) is 25.3 Å². The maximum absolute atomic E-state index is 5.94. The SMILES string of the molecule is CCC[Si](CC(C)C)(OCC)OCC. The van der Waals surface area contributed by atoms with Gasteiger partial charge in [-0.2, -0.15) is 0 Å². The van der Waals surface area contributed by atoms with E-state index in [0.29, 0.717) is 5.92 Å². The van der Waals surface area contributed by atoms with E-state index in [1.54, 1.807) is 0 Å². The molecule has 0 unspecified atom stereocenters. The summed E-state index contributed by atoms with van der Waals surface area (Å²) in [4.78, 5) is 0. The molecule has 0 fully saturated rings. The normalized spacial score (nSPS) is 12.4. The van der Waals surface area contributed by atoms with E-state index in [-0.39, 0.29) is 0 Å². The maximum atomic E-state index is 5.94. The van der Waals surface area contributed by atoms with Gasteiger partial charge in [0.2, 0.25) is 0 Å². The lowest BCUT2D eigenvalue weighted by atomic mass is 10.3. The summed E-state index contributed by atoms with van der Waals surface area (Å²) < 4.78 is 11.9. The van der Waals surface area contributed by atoms with Crippen LogP contribution in [0.5, 0.6) is 0 Å². The fourth-order valence-electron chi connectivity index (χ4n) is 1.93. The lowest BCUT2D eigenvalue weighted by molar-refractivity contribution is 0.178. The second kappa shape index (κ2) is 7.43. The molecule has 0 rings (SSSR count). The van der Waals surface area contributed by atoms with Gasteiger partial charge >= 0.3 is 8.56 Å². The van der Waals surface area contributed by atoms with Gasteiger partial charge in [-0.25, -0.2) is 0 Å². The summed E-state index contributed by atoms with van der Waals surface area (Å²) in [7, 11) is -1.86. The topological polar surface area (TPSA) is 18.5 Å². The molecule has 2 nitrogen and oxygen atoms in total. The smallest absolute Gasteiger partial charge is 0.338 e. The van der Waals surface area contributed by atoms with E-state index in [4.69, 9.17) is 8.85 Å². The second-order valence-corrected chi connectivity index (χ2v) is 7.43. The highest BCUT2D eigenvalue weighted by Crippen LogP contribution is 2.25. The zero-order chi connectivity index (χ0) is 11.0. The molecule has 0 saturated heterocycles. The molecule has 0 spiro atoms. The minimum Gasteiger partial charge on any atom is -0.394 e. The van der Waals surface area contributed by atoms with Crippen LogP contribution in [0.1, 0.15) is 41.0 Å². The largest absolute Gasteiger partial charge is 0.394 e. The van der Waals surface area contributed by atoms with Gasteiger partial charge < -0.3 is 8.85 Å². The Hall–Kier alpha value is 0.137. The monoisotopic (exact) mass is 218 g/mol. The van der Waals surface area contributed by atoms with E-state index >= 15 is 0 Å². The average molecular weight is 218 g/mol. The van der Waals surface area contributed by atoms with Crippen LogP contribution in [-0.2, 0) is 8.85 Å². The fraction of sp³-hybridized carbons (Fsp3) is 1.00. The molecule has 0 amide bonds. The molecule has 14 heavy (non-hydrogen) atoms. The molecule has 0 aromatic carbocycles. The van der Waals surface area contributed by atoms with Gasteiger partial charge in [0.1, 0.15) is 0 Å². The van der Waals surface area contributed by atoms with Crippen LogP contribution in [0, 0.1) is 5.92 Å². The molecule has 0 bridgehead atoms. The highest BCUT2D eigenvalue weighted by Gasteiger charge is 2.36. The van der Waals surface area contributed by atoms with Crippen LogP contribution < -0.4 is 0 Å². The molecular weight excluding hydrogens is 192 g/mol. The summed E-state index contributed by atoms with van der Waals surface area (Å²) >= 11 is 0. The third-order valence-corrected chi connectivity index (χ3v) is 6.49. The van der Waals surface area contributed by atoms with Crippen molar-refractivity contribution in [1.29, 1.82) is 0 Å². The Kier molecular flexibility index (Phi) is 7.50. The molecule has 3 heteroatoms. The summed E-state index contributed by atoms with van der Waals surface area (Å²) in [5, 5.41) is 0. The lowest BCUT2D eigenvalue weighted by Gasteiger charge is -2.31. The Morgan fingerprint density at radius 1 is 1.00 bits per heavy atom. The second-order valence-electron chi connectivity index (χ2n) is 4.12. The summed E-state index contributed by atoms with van der Waals surface area (Å²) in [5.74, 6) is 0.673. The first-order valence-corrected chi connectivity index (χ1v) is 8.11. The van der Waals surface area contributed by atoms with E-state index in [1.165, 1.54) is 6.42 Å². The summed E-state index contributed by atoms with van der Waals surface area (Å²) in [6, 6.07) is 2.26. The van der Waals surface area contributed by atoms with Gasteiger partial charge in [-0.3, -0.25) is 0 Å². The van der Waals surface area contributed by atoms with Crippen molar-refractivity contribution in [2.24, 2.45) is 5.92 Å². The van der Waals surface area contributed by atoms with Crippen LogP contribution in [0.4, 0.5) is 0 Å². The summed E-state index contributed by atoms with van der Waals surface area (Å²) in [6.07, 6.45) is 1.17. The first kappa shape index (κ1) is 14.1. The third kappa shape index (κ3) is 5.13. The zero-order valence-electron chi connectivity index (χ0n) is 10.4. The van der Waals surface area contributed by atoms with E-state index in [9.17, 15) is 0 Å². The molecule has 0 aliphatic rings. The third-order valence-electron chi connectivity index (χ3n) is 2.16. The van der Waals surface area contributed by atoms with Crippen molar-refractivity contribution in [3.63, 3.8) is 0 Å². The van der Waals surface area contributed by atoms with E-state index in [1.807, 2.05) is 0 Å². The van der Waals surface area contributed by atoms with Crippen LogP contribution in [0.15, 0.2) is 0 Å². The summed E-state index contributed by atoms with van der Waals surface area (Å²) in [5.41, 5.74) is 0. The van der Waals surface area contributed by atoms with Crippen molar-refractivity contribution < 1.29 is 8.85 Å². The first-order chi connectivity index (χ1) is 6.60. The van der Waals surface area contributed by atoms with Gasteiger partial charge in [0.15, 0.2) is 0 Å². The molecular formula is C11H26O2Si. The van der Waals surface area contributed by atoms with Crippen molar-refractivity contribution in [2.75, 3.05) is 13.2 Å². The van der Waals surface area contributed by atoms with Crippen molar-refractivity contribution in [2.45, 2.75) is 53.1 Å². The predicted octanol–water partition coefficient (Wildman–Crippen LogP) is 3.57. The van der Waals surface area contributed by atoms with Gasteiger partial charge in [0.25, 0.3) is 0 Å². The minimum absolute atomic E-state index is 0.673. The van der Waals surface area contributed by atoms with Gasteiger partial charge in [0.05, 0.1) is 0 Å². The van der Waals surface area contributed by atoms with Crippen molar-refractivity contribution >= 4 is 8.56 Å².